The van der Waals surface area contributed by atoms with E-state index in [-0.39, 0.29) is 0 Å². The van der Waals surface area contributed by atoms with Crippen LogP contribution in [0.4, 0.5) is 0 Å². The molecule has 0 atom stereocenters. The highest BCUT2D eigenvalue weighted by molar-refractivity contribution is 5.23. The Morgan fingerprint density at radius 1 is 1.17 bits per heavy atom. The maximum absolute atomic E-state index is 4.42. The van der Waals surface area contributed by atoms with E-state index < -0.39 is 0 Å². The molecule has 0 amide bonds. The molecule has 0 spiro atoms. The summed E-state index contributed by atoms with van der Waals surface area (Å²) in [4.78, 5) is 0. The standard InChI is InChI=1S/C14H28N4/c1-11(2)9-15-7-6-8-16-10-14-12(3)17-18(5)13(14)4/h11,15-16H,6-10H2,1-5H3. The molecule has 0 unspecified atom stereocenters. The van der Waals surface area contributed by atoms with Gasteiger partial charge in [-0.2, -0.15) is 5.10 Å². The van der Waals surface area contributed by atoms with Crippen molar-refractivity contribution in [1.29, 1.82) is 0 Å². The number of aromatic nitrogens is 2. The third-order valence-electron chi connectivity index (χ3n) is 3.22. The highest BCUT2D eigenvalue weighted by Crippen LogP contribution is 2.10. The molecule has 0 saturated carbocycles. The van der Waals surface area contributed by atoms with Gasteiger partial charge in [0.1, 0.15) is 0 Å². The number of rotatable bonds is 8. The van der Waals surface area contributed by atoms with Gasteiger partial charge >= 0.3 is 0 Å². The topological polar surface area (TPSA) is 41.9 Å². The van der Waals surface area contributed by atoms with Gasteiger partial charge in [0.05, 0.1) is 5.69 Å². The quantitative estimate of drug-likeness (QED) is 0.693. The first kappa shape index (κ1) is 15.2. The minimum atomic E-state index is 0.735. The van der Waals surface area contributed by atoms with Gasteiger partial charge in [-0.15, -0.1) is 0 Å². The Balaban J connectivity index is 2.14. The molecule has 0 aliphatic heterocycles. The van der Waals surface area contributed by atoms with Crippen LogP contribution in [0.15, 0.2) is 0 Å². The van der Waals surface area contributed by atoms with Crippen molar-refractivity contribution in [2.45, 2.75) is 40.7 Å². The van der Waals surface area contributed by atoms with Crippen LogP contribution < -0.4 is 10.6 Å². The third kappa shape index (κ3) is 4.78. The summed E-state index contributed by atoms with van der Waals surface area (Å²) >= 11 is 0. The molecule has 4 heteroatoms. The van der Waals surface area contributed by atoms with Crippen molar-refractivity contribution in [3.8, 4) is 0 Å². The van der Waals surface area contributed by atoms with Crippen LogP contribution in [0, 0.1) is 19.8 Å². The summed E-state index contributed by atoms with van der Waals surface area (Å²) < 4.78 is 1.95. The van der Waals surface area contributed by atoms with Crippen molar-refractivity contribution >= 4 is 0 Å². The van der Waals surface area contributed by atoms with Gasteiger partial charge in [-0.1, -0.05) is 13.8 Å². The summed E-state index contributed by atoms with van der Waals surface area (Å²) in [6.45, 7) is 12.9. The summed E-state index contributed by atoms with van der Waals surface area (Å²) in [6, 6.07) is 0. The van der Waals surface area contributed by atoms with E-state index in [1.807, 2.05) is 11.7 Å². The van der Waals surface area contributed by atoms with Gasteiger partial charge in [0.25, 0.3) is 0 Å². The van der Waals surface area contributed by atoms with Crippen LogP contribution in [0.1, 0.15) is 37.2 Å². The molecule has 18 heavy (non-hydrogen) atoms. The fourth-order valence-electron chi connectivity index (χ4n) is 2.02. The highest BCUT2D eigenvalue weighted by Gasteiger charge is 2.07. The van der Waals surface area contributed by atoms with Gasteiger partial charge in [0.15, 0.2) is 0 Å². The maximum Gasteiger partial charge on any atom is 0.0641 e. The molecule has 4 nitrogen and oxygen atoms in total. The average molecular weight is 252 g/mol. The van der Waals surface area contributed by atoms with Crippen LogP contribution in [0.5, 0.6) is 0 Å². The van der Waals surface area contributed by atoms with Crippen molar-refractivity contribution in [3.63, 3.8) is 0 Å². The Hall–Kier alpha value is -0.870. The van der Waals surface area contributed by atoms with Crippen LogP contribution in [0.2, 0.25) is 0 Å². The molecule has 1 heterocycles. The molecule has 0 fully saturated rings. The second-order valence-electron chi connectivity index (χ2n) is 5.40. The Morgan fingerprint density at radius 2 is 1.83 bits per heavy atom. The van der Waals surface area contributed by atoms with Crippen LogP contribution in [-0.2, 0) is 13.6 Å². The summed E-state index contributed by atoms with van der Waals surface area (Å²) in [5.41, 5.74) is 3.74. The fraction of sp³-hybridized carbons (Fsp3) is 0.786. The van der Waals surface area contributed by atoms with E-state index in [1.54, 1.807) is 0 Å². The molecular weight excluding hydrogens is 224 g/mol. The molecule has 0 aliphatic carbocycles. The molecule has 1 rings (SSSR count). The molecule has 104 valence electrons. The zero-order valence-corrected chi connectivity index (χ0v) is 12.5. The second kappa shape index (κ2) is 7.54. The van der Waals surface area contributed by atoms with Crippen LogP contribution in [0.3, 0.4) is 0 Å². The Kier molecular flexibility index (Phi) is 6.36. The minimum Gasteiger partial charge on any atom is -0.316 e. The Labute approximate surface area is 111 Å². The predicted octanol–water partition coefficient (Wildman–Crippen LogP) is 1.76. The van der Waals surface area contributed by atoms with E-state index in [0.29, 0.717) is 0 Å². The SMILES string of the molecule is Cc1nn(C)c(C)c1CNCCCNCC(C)C. The zero-order chi connectivity index (χ0) is 13.5. The normalized spacial score (nSPS) is 11.4. The van der Waals surface area contributed by atoms with Crippen LogP contribution in [0.25, 0.3) is 0 Å². The Morgan fingerprint density at radius 3 is 2.39 bits per heavy atom. The van der Waals surface area contributed by atoms with Crippen molar-refractivity contribution in [2.24, 2.45) is 13.0 Å². The summed E-state index contributed by atoms with van der Waals surface area (Å²) in [5.74, 6) is 0.735. The van der Waals surface area contributed by atoms with E-state index in [2.05, 4.69) is 43.4 Å². The lowest BCUT2D eigenvalue weighted by Gasteiger charge is -2.08. The number of hydrogen-bond acceptors (Lipinski definition) is 3. The number of hydrogen-bond donors (Lipinski definition) is 2. The van der Waals surface area contributed by atoms with Gasteiger partial charge < -0.3 is 10.6 Å². The average Bonchev–Trinajstić information content (AvgIpc) is 2.53. The first-order valence-corrected chi connectivity index (χ1v) is 6.93. The summed E-state index contributed by atoms with van der Waals surface area (Å²) in [5, 5.41) is 11.4. The van der Waals surface area contributed by atoms with Gasteiger partial charge in [0.2, 0.25) is 0 Å². The molecule has 0 aliphatic rings. The smallest absolute Gasteiger partial charge is 0.0641 e. The van der Waals surface area contributed by atoms with Gasteiger partial charge in [-0.05, 0) is 45.8 Å². The molecule has 0 bridgehead atoms. The van der Waals surface area contributed by atoms with E-state index in [1.165, 1.54) is 17.7 Å². The molecule has 1 aromatic rings. The van der Waals surface area contributed by atoms with Gasteiger partial charge in [-0.3, -0.25) is 4.68 Å². The molecule has 0 saturated heterocycles. The van der Waals surface area contributed by atoms with Crippen LogP contribution >= 0.6 is 0 Å². The largest absolute Gasteiger partial charge is 0.316 e. The zero-order valence-electron chi connectivity index (χ0n) is 12.5. The maximum atomic E-state index is 4.42. The second-order valence-corrected chi connectivity index (χ2v) is 5.40. The lowest BCUT2D eigenvalue weighted by molar-refractivity contribution is 0.530. The monoisotopic (exact) mass is 252 g/mol. The number of aryl methyl sites for hydroxylation is 2. The van der Waals surface area contributed by atoms with Crippen molar-refractivity contribution in [3.05, 3.63) is 17.0 Å². The number of nitrogens with zero attached hydrogens (tertiary/aromatic N) is 2. The predicted molar refractivity (Wildman–Crippen MR) is 76.7 cm³/mol. The van der Waals surface area contributed by atoms with E-state index in [9.17, 15) is 0 Å². The molecule has 0 radical (unpaired) electrons. The first-order valence-electron chi connectivity index (χ1n) is 6.93. The lowest BCUT2D eigenvalue weighted by atomic mass is 10.2. The summed E-state index contributed by atoms with van der Waals surface area (Å²) in [6.07, 6.45) is 1.17. The highest BCUT2D eigenvalue weighted by atomic mass is 15.3. The summed E-state index contributed by atoms with van der Waals surface area (Å²) in [7, 11) is 2.00. The first-order chi connectivity index (χ1) is 8.52. The molecular formula is C14H28N4. The van der Waals surface area contributed by atoms with E-state index in [0.717, 1.165) is 37.8 Å². The molecule has 2 N–H and O–H groups in total. The van der Waals surface area contributed by atoms with Crippen molar-refractivity contribution in [1.82, 2.24) is 20.4 Å². The van der Waals surface area contributed by atoms with Gasteiger partial charge in [0, 0.05) is 24.8 Å². The molecule has 0 aromatic carbocycles. The third-order valence-corrected chi connectivity index (χ3v) is 3.22. The fourth-order valence-corrected chi connectivity index (χ4v) is 2.02. The number of nitrogens with one attached hydrogen (secondary N) is 2. The Bertz CT molecular complexity index is 355. The van der Waals surface area contributed by atoms with Crippen molar-refractivity contribution in [2.75, 3.05) is 19.6 Å². The van der Waals surface area contributed by atoms with E-state index in [4.69, 9.17) is 0 Å². The van der Waals surface area contributed by atoms with E-state index >= 15 is 0 Å². The lowest BCUT2D eigenvalue weighted by Crippen LogP contribution is -2.24. The van der Waals surface area contributed by atoms with Crippen molar-refractivity contribution < 1.29 is 0 Å². The molecule has 1 aromatic heterocycles. The van der Waals surface area contributed by atoms with Crippen LogP contribution in [-0.4, -0.2) is 29.4 Å². The van der Waals surface area contributed by atoms with Gasteiger partial charge in [-0.25, -0.2) is 0 Å². The minimum absolute atomic E-state index is 0.735.